The van der Waals surface area contributed by atoms with Crippen LogP contribution in [-0.4, -0.2) is 39.8 Å². The third-order valence-electron chi connectivity index (χ3n) is 4.54. The van der Waals surface area contributed by atoms with E-state index in [1.54, 1.807) is 39.5 Å². The number of carbonyl (C=O) groups excluding carboxylic acids is 1. The molecule has 0 spiro atoms. The summed E-state index contributed by atoms with van der Waals surface area (Å²) in [5.74, 6) is 1.36. The number of nitrogens with zero attached hydrogens (tertiary/aromatic N) is 1. The monoisotopic (exact) mass is 398 g/mol. The van der Waals surface area contributed by atoms with E-state index < -0.39 is 0 Å². The Bertz CT molecular complexity index is 819. The van der Waals surface area contributed by atoms with Gasteiger partial charge in [-0.25, -0.2) is 0 Å². The fraction of sp³-hybridized carbons (Fsp3) is 0.348. The average Bonchev–Trinajstić information content (AvgIpc) is 2.72. The highest BCUT2D eigenvalue weighted by Gasteiger charge is 2.12. The van der Waals surface area contributed by atoms with Crippen molar-refractivity contribution in [3.63, 3.8) is 0 Å². The van der Waals surface area contributed by atoms with Gasteiger partial charge in [0.1, 0.15) is 0 Å². The predicted molar refractivity (Wildman–Crippen MR) is 118 cm³/mol. The number of carbonyl (C=O) groups is 1. The fourth-order valence-corrected chi connectivity index (χ4v) is 3.14. The third-order valence-corrected chi connectivity index (χ3v) is 4.54. The van der Waals surface area contributed by atoms with E-state index in [-0.39, 0.29) is 5.91 Å². The molecule has 0 saturated heterocycles. The van der Waals surface area contributed by atoms with E-state index in [2.05, 4.69) is 31.0 Å². The van der Waals surface area contributed by atoms with Crippen molar-refractivity contribution in [2.24, 2.45) is 0 Å². The smallest absolute Gasteiger partial charge is 0.248 e. The van der Waals surface area contributed by atoms with E-state index >= 15 is 0 Å². The maximum absolute atomic E-state index is 12.3. The summed E-state index contributed by atoms with van der Waals surface area (Å²) >= 11 is 0. The molecule has 0 aromatic heterocycles. The maximum atomic E-state index is 12.3. The number of methoxy groups -OCH3 is 3. The van der Waals surface area contributed by atoms with Crippen LogP contribution >= 0.6 is 0 Å². The highest BCUT2D eigenvalue weighted by molar-refractivity contribution is 6.02. The largest absolute Gasteiger partial charge is 0.493 e. The lowest BCUT2D eigenvalue weighted by molar-refractivity contribution is -0.111. The zero-order valence-corrected chi connectivity index (χ0v) is 18.0. The second kappa shape index (κ2) is 10.4. The minimum atomic E-state index is -0.220. The molecule has 0 unspecified atom stereocenters. The molecule has 0 aliphatic carbocycles. The van der Waals surface area contributed by atoms with Gasteiger partial charge in [0.05, 0.1) is 21.3 Å². The number of anilines is 2. The molecule has 1 N–H and O–H groups in total. The Morgan fingerprint density at radius 1 is 1.03 bits per heavy atom. The predicted octanol–water partition coefficient (Wildman–Crippen LogP) is 4.60. The molecule has 0 atom stereocenters. The van der Waals surface area contributed by atoms with E-state index in [1.165, 1.54) is 6.08 Å². The molecule has 156 valence electrons. The molecular formula is C23H30N2O4. The second-order valence-corrected chi connectivity index (χ2v) is 6.71. The molecule has 2 aromatic carbocycles. The summed E-state index contributed by atoms with van der Waals surface area (Å²) < 4.78 is 16.0. The van der Waals surface area contributed by atoms with Crippen molar-refractivity contribution < 1.29 is 19.0 Å². The van der Waals surface area contributed by atoms with Crippen molar-refractivity contribution in [3.8, 4) is 17.2 Å². The van der Waals surface area contributed by atoms with Crippen LogP contribution in [0.4, 0.5) is 11.4 Å². The number of nitrogens with one attached hydrogen (secondary N) is 1. The van der Waals surface area contributed by atoms with E-state index in [9.17, 15) is 4.79 Å². The topological polar surface area (TPSA) is 60.0 Å². The lowest BCUT2D eigenvalue weighted by Gasteiger charge is -2.27. The van der Waals surface area contributed by atoms with Crippen molar-refractivity contribution in [3.05, 3.63) is 48.0 Å². The van der Waals surface area contributed by atoms with Crippen LogP contribution in [0.5, 0.6) is 17.2 Å². The minimum Gasteiger partial charge on any atom is -0.493 e. The Morgan fingerprint density at radius 2 is 1.62 bits per heavy atom. The van der Waals surface area contributed by atoms with Crippen LogP contribution in [0, 0.1) is 0 Å². The number of benzene rings is 2. The van der Waals surface area contributed by atoms with Gasteiger partial charge in [-0.3, -0.25) is 4.79 Å². The molecule has 2 aromatic rings. The molecule has 6 nitrogen and oxygen atoms in total. The lowest BCUT2D eigenvalue weighted by atomic mass is 10.1. The average molecular weight is 399 g/mol. The minimum absolute atomic E-state index is 0.220. The van der Waals surface area contributed by atoms with Gasteiger partial charge in [-0.15, -0.1) is 0 Å². The van der Waals surface area contributed by atoms with E-state index in [4.69, 9.17) is 14.2 Å². The summed E-state index contributed by atoms with van der Waals surface area (Å²) in [5, 5.41) is 2.87. The number of hydrogen-bond donors (Lipinski definition) is 1. The first-order valence-electron chi connectivity index (χ1n) is 9.59. The molecule has 0 aliphatic heterocycles. The van der Waals surface area contributed by atoms with Crippen LogP contribution < -0.4 is 24.4 Å². The quantitative estimate of drug-likeness (QED) is 0.626. The van der Waals surface area contributed by atoms with Gasteiger partial charge in [-0.1, -0.05) is 0 Å². The zero-order valence-electron chi connectivity index (χ0n) is 18.0. The highest BCUT2D eigenvalue weighted by atomic mass is 16.5. The van der Waals surface area contributed by atoms with Crippen LogP contribution in [0.3, 0.4) is 0 Å². The first-order chi connectivity index (χ1) is 13.9. The molecule has 0 radical (unpaired) electrons. The fourth-order valence-electron chi connectivity index (χ4n) is 3.14. The van der Waals surface area contributed by atoms with Gasteiger partial charge in [-0.05, 0) is 68.8 Å². The molecule has 0 fully saturated rings. The molecule has 0 aliphatic rings. The van der Waals surface area contributed by atoms with Gasteiger partial charge in [-0.2, -0.15) is 0 Å². The first-order valence-corrected chi connectivity index (χ1v) is 9.59. The van der Waals surface area contributed by atoms with Gasteiger partial charge < -0.3 is 24.4 Å². The zero-order chi connectivity index (χ0) is 21.4. The summed E-state index contributed by atoms with van der Waals surface area (Å²) in [5.41, 5.74) is 2.64. The molecule has 6 heteroatoms. The van der Waals surface area contributed by atoms with Crippen LogP contribution in [0.25, 0.3) is 6.08 Å². The standard InChI is InChI=1S/C23H30N2O4/c1-7-25(16(2)3)19-11-9-18(10-12-19)24-22(26)13-8-17-14-20(27-4)23(29-6)21(15-17)28-5/h8-16H,7H2,1-6H3,(H,24,26)/b13-8+. The van der Waals surface area contributed by atoms with Crippen LogP contribution in [0.2, 0.25) is 0 Å². The number of rotatable bonds is 9. The van der Waals surface area contributed by atoms with E-state index in [0.29, 0.717) is 23.3 Å². The van der Waals surface area contributed by atoms with E-state index in [1.807, 2.05) is 24.3 Å². The Morgan fingerprint density at radius 3 is 2.07 bits per heavy atom. The van der Waals surface area contributed by atoms with Gasteiger partial charge >= 0.3 is 0 Å². The van der Waals surface area contributed by atoms with Crippen molar-refractivity contribution in [1.82, 2.24) is 0 Å². The number of amides is 1. The van der Waals surface area contributed by atoms with Gasteiger partial charge in [0.25, 0.3) is 0 Å². The highest BCUT2D eigenvalue weighted by Crippen LogP contribution is 2.38. The summed E-state index contributed by atoms with van der Waals surface area (Å²) in [4.78, 5) is 14.6. The molecule has 1 amide bonds. The molecule has 0 saturated carbocycles. The van der Waals surface area contributed by atoms with Crippen molar-refractivity contribution in [2.45, 2.75) is 26.8 Å². The summed E-state index contributed by atoms with van der Waals surface area (Å²) in [7, 11) is 4.66. The Hall–Kier alpha value is -3.15. The van der Waals surface area contributed by atoms with Crippen molar-refractivity contribution >= 4 is 23.4 Å². The molecule has 29 heavy (non-hydrogen) atoms. The van der Waals surface area contributed by atoms with Crippen LogP contribution in [-0.2, 0) is 4.79 Å². The number of ether oxygens (including phenoxy) is 3. The normalized spacial score (nSPS) is 10.9. The molecule has 0 bridgehead atoms. The van der Waals surface area contributed by atoms with Crippen molar-refractivity contribution in [2.75, 3.05) is 38.1 Å². The van der Waals surface area contributed by atoms with Gasteiger partial charge in [0, 0.05) is 30.0 Å². The summed E-state index contributed by atoms with van der Waals surface area (Å²) in [6.45, 7) is 7.38. The first kappa shape index (κ1) is 22.1. The van der Waals surface area contributed by atoms with Gasteiger partial charge in [0.2, 0.25) is 11.7 Å². The molecular weight excluding hydrogens is 368 g/mol. The van der Waals surface area contributed by atoms with Crippen LogP contribution in [0.1, 0.15) is 26.3 Å². The van der Waals surface area contributed by atoms with Crippen molar-refractivity contribution in [1.29, 1.82) is 0 Å². The number of hydrogen-bond acceptors (Lipinski definition) is 5. The van der Waals surface area contributed by atoms with Gasteiger partial charge in [0.15, 0.2) is 11.5 Å². The SMILES string of the molecule is CCN(c1ccc(NC(=O)/C=C/c2cc(OC)c(OC)c(OC)c2)cc1)C(C)C. The summed E-state index contributed by atoms with van der Waals surface area (Å²) in [6.07, 6.45) is 3.17. The second-order valence-electron chi connectivity index (χ2n) is 6.71. The molecule has 0 heterocycles. The Balaban J connectivity index is 2.10. The third kappa shape index (κ3) is 5.67. The Labute approximate surface area is 173 Å². The van der Waals surface area contributed by atoms with Crippen LogP contribution in [0.15, 0.2) is 42.5 Å². The molecule has 2 rings (SSSR count). The van der Waals surface area contributed by atoms with E-state index in [0.717, 1.165) is 23.5 Å². The lowest BCUT2D eigenvalue weighted by Crippen LogP contribution is -2.30. The maximum Gasteiger partial charge on any atom is 0.248 e. The summed E-state index contributed by atoms with van der Waals surface area (Å²) in [6, 6.07) is 11.8. The Kier molecular flexibility index (Phi) is 7.95.